The van der Waals surface area contributed by atoms with E-state index in [0.29, 0.717) is 13.2 Å². The summed E-state index contributed by atoms with van der Waals surface area (Å²) in [7, 11) is 0. The molecular formula is C41H48N2O6. The average Bonchev–Trinajstić information content (AvgIpc) is 3.11. The number of urea groups is 1. The molecule has 0 aliphatic carbocycles. The van der Waals surface area contributed by atoms with Crippen LogP contribution in [0.15, 0.2) is 115 Å². The summed E-state index contributed by atoms with van der Waals surface area (Å²) < 4.78 is 17.3. The Balaban J connectivity index is 1.51. The molecule has 0 spiro atoms. The van der Waals surface area contributed by atoms with Crippen molar-refractivity contribution in [1.29, 1.82) is 0 Å². The number of ether oxygens (including phenoxy) is 3. The Bertz CT molecular complexity index is 1580. The lowest BCUT2D eigenvalue weighted by Crippen LogP contribution is -2.53. The molecule has 8 nitrogen and oxygen atoms in total. The van der Waals surface area contributed by atoms with Crippen molar-refractivity contribution in [3.8, 4) is 11.1 Å². The van der Waals surface area contributed by atoms with Crippen LogP contribution in [0.3, 0.4) is 0 Å². The van der Waals surface area contributed by atoms with Crippen molar-refractivity contribution < 1.29 is 28.6 Å². The molecule has 2 amide bonds. The van der Waals surface area contributed by atoms with Crippen molar-refractivity contribution in [2.24, 2.45) is 11.8 Å². The van der Waals surface area contributed by atoms with E-state index >= 15 is 0 Å². The molecule has 1 N–H and O–H groups in total. The Morgan fingerprint density at radius 3 is 1.63 bits per heavy atom. The summed E-state index contributed by atoms with van der Waals surface area (Å²) in [6, 6.07) is 35.3. The van der Waals surface area contributed by atoms with Gasteiger partial charge in [-0.05, 0) is 39.7 Å². The van der Waals surface area contributed by atoms with Crippen LogP contribution < -0.4 is 5.32 Å². The maximum absolute atomic E-state index is 14.0. The Kier molecular flexibility index (Phi) is 14.4. The van der Waals surface area contributed by atoms with Gasteiger partial charge < -0.3 is 24.4 Å². The minimum atomic E-state index is -1.01. The largest absolute Gasteiger partial charge is 0.459 e. The normalized spacial score (nSPS) is 12.3. The number of nitrogens with zero attached hydrogens (tertiary/aromatic N) is 1. The number of carbonyl (C=O) groups excluding carboxylic acids is 3. The molecule has 0 aromatic heterocycles. The number of hydrogen-bond donors (Lipinski definition) is 1. The number of hydrogen-bond acceptors (Lipinski definition) is 6. The van der Waals surface area contributed by atoms with Crippen LogP contribution in [-0.4, -0.2) is 54.7 Å². The molecule has 0 saturated carbocycles. The third-order valence-electron chi connectivity index (χ3n) is 7.68. The van der Waals surface area contributed by atoms with Gasteiger partial charge in [0.25, 0.3) is 0 Å². The van der Waals surface area contributed by atoms with Gasteiger partial charge in [0.05, 0.1) is 13.2 Å². The Morgan fingerprint density at radius 1 is 0.592 bits per heavy atom. The molecule has 0 aliphatic rings. The summed E-state index contributed by atoms with van der Waals surface area (Å²) in [5.41, 5.74) is 4.69. The third-order valence-corrected chi connectivity index (χ3v) is 7.68. The number of carbonyl (C=O) groups is 3. The molecule has 0 radical (unpaired) electrons. The van der Waals surface area contributed by atoms with Gasteiger partial charge >= 0.3 is 18.0 Å². The third kappa shape index (κ3) is 12.5. The van der Waals surface area contributed by atoms with Gasteiger partial charge in [-0.15, -0.1) is 0 Å². The van der Waals surface area contributed by atoms with E-state index in [4.69, 9.17) is 14.2 Å². The van der Waals surface area contributed by atoms with Crippen LogP contribution in [-0.2, 0) is 43.4 Å². The fraction of sp³-hybridized carbons (Fsp3) is 0.341. The van der Waals surface area contributed by atoms with Crippen LogP contribution in [0.2, 0.25) is 0 Å². The minimum absolute atomic E-state index is 0.0398. The number of benzene rings is 4. The first-order valence-electron chi connectivity index (χ1n) is 16.9. The smallest absolute Gasteiger partial charge is 0.337 e. The molecule has 0 fully saturated rings. The Morgan fingerprint density at radius 2 is 1.10 bits per heavy atom. The highest BCUT2D eigenvalue weighted by Crippen LogP contribution is 2.20. The fourth-order valence-corrected chi connectivity index (χ4v) is 5.17. The predicted molar refractivity (Wildman–Crippen MR) is 191 cm³/mol. The molecule has 0 bridgehead atoms. The van der Waals surface area contributed by atoms with Crippen LogP contribution >= 0.6 is 0 Å². The van der Waals surface area contributed by atoms with Crippen LogP contribution in [0.1, 0.15) is 44.4 Å². The molecule has 49 heavy (non-hydrogen) atoms. The van der Waals surface area contributed by atoms with Crippen molar-refractivity contribution >= 4 is 18.0 Å². The van der Waals surface area contributed by atoms with Crippen molar-refractivity contribution in [1.82, 2.24) is 10.2 Å². The van der Waals surface area contributed by atoms with Gasteiger partial charge in [-0.3, -0.25) is 0 Å². The van der Waals surface area contributed by atoms with Crippen molar-refractivity contribution in [2.75, 3.05) is 19.7 Å². The van der Waals surface area contributed by atoms with E-state index in [9.17, 15) is 14.4 Å². The van der Waals surface area contributed by atoms with Gasteiger partial charge in [0.2, 0.25) is 0 Å². The molecule has 2 atom stereocenters. The van der Waals surface area contributed by atoms with Crippen LogP contribution in [0.5, 0.6) is 0 Å². The van der Waals surface area contributed by atoms with E-state index in [1.807, 2.05) is 143 Å². The molecule has 0 heterocycles. The zero-order valence-corrected chi connectivity index (χ0v) is 28.9. The summed E-state index contributed by atoms with van der Waals surface area (Å²) in [6.07, 6.45) is -0.791. The fourth-order valence-electron chi connectivity index (χ4n) is 5.17. The molecular weight excluding hydrogens is 616 g/mol. The van der Waals surface area contributed by atoms with E-state index in [2.05, 4.69) is 5.32 Å². The second kappa shape index (κ2) is 19.1. The summed E-state index contributed by atoms with van der Waals surface area (Å²) in [6.45, 7) is 8.72. The molecule has 1 unspecified atom stereocenters. The highest BCUT2D eigenvalue weighted by molar-refractivity contribution is 5.84. The Hall–Kier alpha value is -4.95. The molecule has 8 heteroatoms. The second-order valence-corrected chi connectivity index (χ2v) is 13.0. The molecule has 258 valence electrons. The lowest BCUT2D eigenvalue weighted by atomic mass is 10.0. The molecule has 0 aliphatic heterocycles. The minimum Gasteiger partial charge on any atom is -0.459 e. The summed E-state index contributed by atoms with van der Waals surface area (Å²) >= 11 is 0. The van der Waals surface area contributed by atoms with Crippen LogP contribution in [0.25, 0.3) is 11.1 Å². The zero-order valence-electron chi connectivity index (χ0n) is 28.9. The van der Waals surface area contributed by atoms with Gasteiger partial charge in [0.1, 0.15) is 19.3 Å². The Labute approximate surface area is 290 Å². The molecule has 4 aromatic carbocycles. The van der Waals surface area contributed by atoms with Crippen molar-refractivity contribution in [3.05, 3.63) is 132 Å². The van der Waals surface area contributed by atoms with Crippen LogP contribution in [0.4, 0.5) is 4.79 Å². The van der Waals surface area contributed by atoms with E-state index in [1.165, 1.54) is 4.90 Å². The highest BCUT2D eigenvalue weighted by Gasteiger charge is 2.31. The maximum Gasteiger partial charge on any atom is 0.337 e. The SMILES string of the molecule is CC(C)COC(CN(CC(C)C)C(=O)N[C@@H](Cc1ccc(-c2ccccc2)cc1)C(=O)OCc1ccccc1)C(=O)OCc1ccccc1. The van der Waals surface area contributed by atoms with Crippen molar-refractivity contribution in [2.45, 2.75) is 59.5 Å². The van der Waals surface area contributed by atoms with Gasteiger partial charge in [0, 0.05) is 13.0 Å². The first-order valence-corrected chi connectivity index (χ1v) is 16.9. The predicted octanol–water partition coefficient (Wildman–Crippen LogP) is 7.46. The van der Waals surface area contributed by atoms with Crippen LogP contribution in [0, 0.1) is 11.8 Å². The van der Waals surface area contributed by atoms with Gasteiger partial charge in [0.15, 0.2) is 6.10 Å². The lowest BCUT2D eigenvalue weighted by molar-refractivity contribution is -0.160. The number of nitrogens with one attached hydrogen (secondary N) is 1. The van der Waals surface area contributed by atoms with Crippen molar-refractivity contribution in [3.63, 3.8) is 0 Å². The maximum atomic E-state index is 14.0. The average molecular weight is 665 g/mol. The topological polar surface area (TPSA) is 94.2 Å². The number of esters is 2. The molecule has 4 aromatic rings. The first-order chi connectivity index (χ1) is 23.7. The highest BCUT2D eigenvalue weighted by atomic mass is 16.6. The quantitative estimate of drug-likeness (QED) is 0.118. The molecule has 4 rings (SSSR count). The lowest BCUT2D eigenvalue weighted by Gasteiger charge is -2.30. The monoisotopic (exact) mass is 664 g/mol. The first kappa shape index (κ1) is 36.9. The van der Waals surface area contributed by atoms with E-state index in [0.717, 1.165) is 27.8 Å². The summed E-state index contributed by atoms with van der Waals surface area (Å²) in [4.78, 5) is 42.4. The standard InChI is InChI=1S/C41H48N2O6/c1-30(2)25-43(26-38(47-27-31(3)4)40(45)49-29-34-16-10-6-11-17-34)41(46)42-37(39(44)48-28-33-14-8-5-9-15-33)24-32-20-22-36(23-21-32)35-18-12-7-13-19-35/h5-23,30-31,37-38H,24-29H2,1-4H3,(H,42,46)/t37-,38?/m0/s1. The zero-order chi connectivity index (χ0) is 35.0. The molecule has 0 saturated heterocycles. The van der Waals surface area contributed by atoms with E-state index in [-0.39, 0.29) is 38.0 Å². The number of rotatable bonds is 17. The number of amides is 2. The summed E-state index contributed by atoms with van der Waals surface area (Å²) in [5.74, 6) is -0.869. The van der Waals surface area contributed by atoms with E-state index < -0.39 is 30.1 Å². The second-order valence-electron chi connectivity index (χ2n) is 13.0. The van der Waals surface area contributed by atoms with Gasteiger partial charge in [-0.2, -0.15) is 0 Å². The van der Waals surface area contributed by atoms with Gasteiger partial charge in [-0.1, -0.05) is 143 Å². The summed E-state index contributed by atoms with van der Waals surface area (Å²) in [5, 5.41) is 2.93. The van der Waals surface area contributed by atoms with Gasteiger partial charge in [-0.25, -0.2) is 14.4 Å². The van der Waals surface area contributed by atoms with E-state index in [1.54, 1.807) is 0 Å².